The van der Waals surface area contributed by atoms with Crippen molar-refractivity contribution in [2.45, 2.75) is 12.8 Å². The first kappa shape index (κ1) is 12.8. The minimum absolute atomic E-state index is 0.0277. The molecule has 0 aliphatic rings. The summed E-state index contributed by atoms with van der Waals surface area (Å²) in [6.45, 7) is 0.641. The van der Waals surface area contributed by atoms with Gasteiger partial charge >= 0.3 is 0 Å². The summed E-state index contributed by atoms with van der Waals surface area (Å²) in [5.74, 6) is -1.32. The monoisotopic (exact) mass is 227 g/mol. The van der Waals surface area contributed by atoms with E-state index in [0.29, 0.717) is 13.0 Å². The summed E-state index contributed by atoms with van der Waals surface area (Å²) in [5.41, 5.74) is 0.255. The molecule has 0 aromatic heterocycles. The summed E-state index contributed by atoms with van der Waals surface area (Å²) < 4.78 is 25.8. The molecule has 0 heterocycles. The number of benzene rings is 1. The third-order valence-electron chi connectivity index (χ3n) is 2.24. The smallest absolute Gasteiger partial charge is 0.138 e. The van der Waals surface area contributed by atoms with Gasteiger partial charge in [0.1, 0.15) is 17.4 Å². The van der Waals surface area contributed by atoms with Gasteiger partial charge in [-0.15, -0.1) is 0 Å². The van der Waals surface area contributed by atoms with Crippen LogP contribution >= 0.6 is 0 Å². The maximum Gasteiger partial charge on any atom is 0.138 e. The maximum absolute atomic E-state index is 13.2. The predicted molar refractivity (Wildman–Crippen MR) is 58.2 cm³/mol. The summed E-state index contributed by atoms with van der Waals surface area (Å²) in [4.78, 5) is 13.4. The Hall–Kier alpha value is -1.29. The Kier molecular flexibility index (Phi) is 4.55. The average molecular weight is 227 g/mol. The molecule has 0 radical (unpaired) electrons. The number of nitrogens with zero attached hydrogens (tertiary/aromatic N) is 1. The van der Waals surface area contributed by atoms with E-state index in [-0.39, 0.29) is 17.8 Å². The SMILES string of the molecule is CN(C)CCC(=O)Cc1ccc(F)cc1F. The normalized spacial score (nSPS) is 10.8. The Morgan fingerprint density at radius 2 is 2.00 bits per heavy atom. The summed E-state index contributed by atoms with van der Waals surface area (Å²) in [7, 11) is 3.73. The van der Waals surface area contributed by atoms with Crippen molar-refractivity contribution in [3.05, 3.63) is 35.4 Å². The van der Waals surface area contributed by atoms with Crippen molar-refractivity contribution in [1.29, 1.82) is 0 Å². The van der Waals surface area contributed by atoms with Crippen LogP contribution in [0.1, 0.15) is 12.0 Å². The molecule has 2 nitrogen and oxygen atoms in total. The highest BCUT2D eigenvalue weighted by Gasteiger charge is 2.09. The molecule has 0 saturated heterocycles. The molecule has 0 spiro atoms. The van der Waals surface area contributed by atoms with Crippen molar-refractivity contribution in [2.75, 3.05) is 20.6 Å². The van der Waals surface area contributed by atoms with E-state index in [1.54, 1.807) is 0 Å². The minimum Gasteiger partial charge on any atom is -0.309 e. The summed E-state index contributed by atoms with van der Waals surface area (Å²) >= 11 is 0. The van der Waals surface area contributed by atoms with Gasteiger partial charge in [-0.05, 0) is 25.7 Å². The molecule has 1 aromatic rings. The van der Waals surface area contributed by atoms with Crippen LogP contribution in [-0.2, 0) is 11.2 Å². The fourth-order valence-electron chi connectivity index (χ4n) is 1.31. The van der Waals surface area contributed by atoms with E-state index in [0.717, 1.165) is 12.1 Å². The standard InChI is InChI=1S/C12H15F2NO/c1-15(2)6-5-11(16)7-9-3-4-10(13)8-12(9)14/h3-4,8H,5-7H2,1-2H3. The number of hydrogen-bond acceptors (Lipinski definition) is 2. The Morgan fingerprint density at radius 3 is 2.56 bits per heavy atom. The average Bonchev–Trinajstić information content (AvgIpc) is 2.19. The van der Waals surface area contributed by atoms with Crippen molar-refractivity contribution < 1.29 is 13.6 Å². The highest BCUT2D eigenvalue weighted by molar-refractivity contribution is 5.81. The molecular formula is C12H15F2NO. The fourth-order valence-corrected chi connectivity index (χ4v) is 1.31. The van der Waals surface area contributed by atoms with Gasteiger partial charge in [0.25, 0.3) is 0 Å². The zero-order valence-electron chi connectivity index (χ0n) is 9.46. The fraction of sp³-hybridized carbons (Fsp3) is 0.417. The topological polar surface area (TPSA) is 20.3 Å². The highest BCUT2D eigenvalue weighted by atomic mass is 19.1. The zero-order chi connectivity index (χ0) is 12.1. The Morgan fingerprint density at radius 1 is 1.31 bits per heavy atom. The maximum atomic E-state index is 13.2. The molecule has 0 amide bonds. The third kappa shape index (κ3) is 4.06. The van der Waals surface area contributed by atoms with Crippen LogP contribution in [0.2, 0.25) is 0 Å². The lowest BCUT2D eigenvalue weighted by atomic mass is 10.1. The zero-order valence-corrected chi connectivity index (χ0v) is 9.46. The van der Waals surface area contributed by atoms with Crippen LogP contribution in [0.3, 0.4) is 0 Å². The van der Waals surface area contributed by atoms with Crippen LogP contribution in [-0.4, -0.2) is 31.3 Å². The van der Waals surface area contributed by atoms with Gasteiger partial charge in [-0.25, -0.2) is 8.78 Å². The number of hydrogen-bond donors (Lipinski definition) is 0. The van der Waals surface area contributed by atoms with Gasteiger partial charge in [0.15, 0.2) is 0 Å². The van der Waals surface area contributed by atoms with E-state index >= 15 is 0 Å². The number of carbonyl (C=O) groups is 1. The molecule has 88 valence electrons. The Bertz CT molecular complexity index is 377. The lowest BCUT2D eigenvalue weighted by Crippen LogP contribution is -2.17. The van der Waals surface area contributed by atoms with E-state index < -0.39 is 11.6 Å². The second-order valence-corrected chi connectivity index (χ2v) is 4.00. The molecule has 0 unspecified atom stereocenters. The molecule has 0 bridgehead atoms. The molecule has 16 heavy (non-hydrogen) atoms. The lowest BCUT2D eigenvalue weighted by molar-refractivity contribution is -0.118. The van der Waals surface area contributed by atoms with E-state index in [1.165, 1.54) is 6.07 Å². The van der Waals surface area contributed by atoms with E-state index in [9.17, 15) is 13.6 Å². The van der Waals surface area contributed by atoms with Crippen LogP contribution in [0.5, 0.6) is 0 Å². The van der Waals surface area contributed by atoms with Crippen molar-refractivity contribution in [1.82, 2.24) is 4.90 Å². The predicted octanol–water partition coefficient (Wildman–Crippen LogP) is 2.03. The number of ketones is 1. The molecule has 0 fully saturated rings. The number of carbonyl (C=O) groups excluding carboxylic acids is 1. The van der Waals surface area contributed by atoms with Gasteiger partial charge in [0.2, 0.25) is 0 Å². The van der Waals surface area contributed by atoms with Crippen molar-refractivity contribution in [3.63, 3.8) is 0 Å². The molecule has 1 aromatic carbocycles. The Balaban J connectivity index is 2.56. The largest absolute Gasteiger partial charge is 0.309 e. The van der Waals surface area contributed by atoms with Gasteiger partial charge in [-0.1, -0.05) is 6.07 Å². The van der Waals surface area contributed by atoms with Gasteiger partial charge < -0.3 is 4.90 Å². The van der Waals surface area contributed by atoms with E-state index in [4.69, 9.17) is 0 Å². The highest BCUT2D eigenvalue weighted by Crippen LogP contribution is 2.11. The summed E-state index contributed by atoms with van der Waals surface area (Å²) in [5, 5.41) is 0. The van der Waals surface area contributed by atoms with E-state index in [2.05, 4.69) is 0 Å². The summed E-state index contributed by atoms with van der Waals surface area (Å²) in [6, 6.07) is 3.28. The van der Waals surface area contributed by atoms with Crippen LogP contribution in [0.25, 0.3) is 0 Å². The number of Topliss-reactive ketones (excluding diaryl/α,β-unsaturated/α-hetero) is 1. The molecule has 0 aliphatic heterocycles. The van der Waals surface area contributed by atoms with Gasteiger partial charge in [-0.2, -0.15) is 0 Å². The lowest BCUT2D eigenvalue weighted by Gasteiger charge is -2.08. The third-order valence-corrected chi connectivity index (χ3v) is 2.24. The van der Waals surface area contributed by atoms with Crippen molar-refractivity contribution >= 4 is 5.78 Å². The number of rotatable bonds is 5. The second-order valence-electron chi connectivity index (χ2n) is 4.00. The van der Waals surface area contributed by atoms with Crippen LogP contribution < -0.4 is 0 Å². The van der Waals surface area contributed by atoms with Crippen LogP contribution in [0.15, 0.2) is 18.2 Å². The first-order valence-electron chi connectivity index (χ1n) is 5.09. The quantitative estimate of drug-likeness (QED) is 0.767. The molecule has 0 aliphatic carbocycles. The second kappa shape index (κ2) is 5.70. The molecule has 0 atom stereocenters. The van der Waals surface area contributed by atoms with Crippen LogP contribution in [0.4, 0.5) is 8.78 Å². The van der Waals surface area contributed by atoms with Gasteiger partial charge in [0, 0.05) is 25.5 Å². The number of halogens is 2. The van der Waals surface area contributed by atoms with Crippen LogP contribution in [0, 0.1) is 11.6 Å². The van der Waals surface area contributed by atoms with Gasteiger partial charge in [0.05, 0.1) is 0 Å². The van der Waals surface area contributed by atoms with E-state index in [1.807, 2.05) is 19.0 Å². The summed E-state index contributed by atoms with van der Waals surface area (Å²) in [6.07, 6.45) is 0.407. The Labute approximate surface area is 93.9 Å². The first-order chi connectivity index (χ1) is 7.49. The van der Waals surface area contributed by atoms with Crippen molar-refractivity contribution in [3.8, 4) is 0 Å². The minimum atomic E-state index is -0.654. The van der Waals surface area contributed by atoms with Gasteiger partial charge in [-0.3, -0.25) is 4.79 Å². The first-order valence-corrected chi connectivity index (χ1v) is 5.09. The molecule has 0 N–H and O–H groups in total. The van der Waals surface area contributed by atoms with Crippen molar-refractivity contribution in [2.24, 2.45) is 0 Å². The molecule has 0 saturated carbocycles. The molecular weight excluding hydrogens is 212 g/mol. The molecule has 4 heteroatoms. The molecule has 1 rings (SSSR count).